The van der Waals surface area contributed by atoms with Gasteiger partial charge in [0.25, 0.3) is 0 Å². The zero-order chi connectivity index (χ0) is 27.7. The largest absolute Gasteiger partial charge is 0.206 e. The van der Waals surface area contributed by atoms with Gasteiger partial charge in [-0.2, -0.15) is 5.26 Å². The third-order valence-electron chi connectivity index (χ3n) is 7.42. The second-order valence-corrected chi connectivity index (χ2v) is 10.3. The molecule has 0 unspecified atom stereocenters. The maximum atomic E-state index is 15.0. The van der Waals surface area contributed by atoms with Crippen LogP contribution in [0.5, 0.6) is 0 Å². The van der Waals surface area contributed by atoms with Gasteiger partial charge in [0, 0.05) is 5.56 Å². The predicted octanol–water partition coefficient (Wildman–Crippen LogP) is 9.67. The first kappa shape index (κ1) is 26.9. The molecule has 0 aliphatic rings. The molecule has 0 aliphatic heterocycles. The summed E-state index contributed by atoms with van der Waals surface area (Å²) in [5.74, 6) is 0.218. The molecule has 0 aromatic heterocycles. The SMILES string of the molecule is C[C@H](Cc1ccc(-c2ccc(C=Cc3ccc(CCc4ccc(C#N)cc4)cc3)c(F)c2)cc1)c1ccccc1. The molecule has 5 aromatic rings. The Kier molecular flexibility index (Phi) is 8.64. The summed E-state index contributed by atoms with van der Waals surface area (Å²) in [4.78, 5) is 0. The van der Waals surface area contributed by atoms with Crippen LogP contribution in [0.2, 0.25) is 0 Å². The Bertz CT molecular complexity index is 1610. The maximum Gasteiger partial charge on any atom is 0.131 e. The minimum absolute atomic E-state index is 0.227. The van der Waals surface area contributed by atoms with Crippen molar-refractivity contribution in [2.75, 3.05) is 0 Å². The van der Waals surface area contributed by atoms with Crippen LogP contribution in [0.3, 0.4) is 0 Å². The highest BCUT2D eigenvalue weighted by molar-refractivity contribution is 5.72. The Morgan fingerprint density at radius 1 is 0.675 bits per heavy atom. The van der Waals surface area contributed by atoms with E-state index in [4.69, 9.17) is 5.26 Å². The quantitative estimate of drug-likeness (QED) is 0.177. The molecule has 196 valence electrons. The van der Waals surface area contributed by atoms with E-state index in [2.05, 4.69) is 85.8 Å². The van der Waals surface area contributed by atoms with Crippen molar-refractivity contribution >= 4 is 12.2 Å². The number of hydrogen-bond donors (Lipinski definition) is 0. The van der Waals surface area contributed by atoms with E-state index in [1.54, 1.807) is 6.07 Å². The first-order valence-electron chi connectivity index (χ1n) is 13.8. The van der Waals surface area contributed by atoms with Gasteiger partial charge in [0.2, 0.25) is 0 Å². The summed E-state index contributed by atoms with van der Waals surface area (Å²) in [6, 6.07) is 42.7. The fourth-order valence-corrected chi connectivity index (χ4v) is 4.94. The summed E-state index contributed by atoms with van der Waals surface area (Å²) in [5.41, 5.74) is 9.27. The molecule has 40 heavy (non-hydrogen) atoms. The fourth-order valence-electron chi connectivity index (χ4n) is 4.94. The van der Waals surface area contributed by atoms with Crippen LogP contribution in [0.15, 0.2) is 121 Å². The van der Waals surface area contributed by atoms with Gasteiger partial charge in [0.15, 0.2) is 0 Å². The Hall–Kier alpha value is -4.74. The van der Waals surface area contributed by atoms with E-state index in [0.29, 0.717) is 17.0 Å². The van der Waals surface area contributed by atoms with E-state index in [1.165, 1.54) is 22.3 Å². The molecule has 0 aliphatic carbocycles. The molecule has 5 aromatic carbocycles. The molecule has 0 saturated carbocycles. The van der Waals surface area contributed by atoms with Crippen molar-refractivity contribution in [1.29, 1.82) is 5.26 Å². The van der Waals surface area contributed by atoms with E-state index in [9.17, 15) is 4.39 Å². The highest BCUT2D eigenvalue weighted by Crippen LogP contribution is 2.26. The molecule has 0 saturated heterocycles. The number of rotatable bonds is 9. The number of nitrogens with zero attached hydrogens (tertiary/aromatic N) is 1. The average Bonchev–Trinajstić information content (AvgIpc) is 3.01. The Balaban J connectivity index is 1.18. The van der Waals surface area contributed by atoms with Crippen LogP contribution in [-0.4, -0.2) is 0 Å². The van der Waals surface area contributed by atoms with Crippen LogP contribution in [0.25, 0.3) is 23.3 Å². The zero-order valence-electron chi connectivity index (χ0n) is 22.7. The molecular formula is C38H32FN. The van der Waals surface area contributed by atoms with Gasteiger partial charge in [-0.1, -0.05) is 122 Å². The predicted molar refractivity (Wildman–Crippen MR) is 164 cm³/mol. The monoisotopic (exact) mass is 521 g/mol. The first-order chi connectivity index (χ1) is 19.6. The highest BCUT2D eigenvalue weighted by Gasteiger charge is 2.08. The number of nitriles is 1. The van der Waals surface area contributed by atoms with Crippen molar-refractivity contribution in [3.05, 3.63) is 166 Å². The van der Waals surface area contributed by atoms with Crippen molar-refractivity contribution in [2.24, 2.45) is 0 Å². The Morgan fingerprint density at radius 3 is 1.90 bits per heavy atom. The summed E-state index contributed by atoms with van der Waals surface area (Å²) in [7, 11) is 0. The second kappa shape index (κ2) is 12.9. The third-order valence-corrected chi connectivity index (χ3v) is 7.42. The third kappa shape index (κ3) is 7.01. The van der Waals surface area contributed by atoms with E-state index in [1.807, 2.05) is 54.6 Å². The van der Waals surface area contributed by atoms with E-state index < -0.39 is 0 Å². The van der Waals surface area contributed by atoms with Crippen LogP contribution < -0.4 is 0 Å². The topological polar surface area (TPSA) is 23.8 Å². The zero-order valence-corrected chi connectivity index (χ0v) is 22.7. The van der Waals surface area contributed by atoms with Crippen LogP contribution in [0.1, 0.15) is 51.8 Å². The molecule has 1 atom stereocenters. The number of aryl methyl sites for hydroxylation is 2. The Labute approximate surface area is 236 Å². The van der Waals surface area contributed by atoms with Gasteiger partial charge < -0.3 is 0 Å². The molecule has 0 amide bonds. The lowest BCUT2D eigenvalue weighted by Crippen LogP contribution is -1.98. The van der Waals surface area contributed by atoms with E-state index >= 15 is 0 Å². The summed E-state index contributed by atoms with van der Waals surface area (Å²) in [6.07, 6.45) is 6.61. The lowest BCUT2D eigenvalue weighted by molar-refractivity contribution is 0.625. The first-order valence-corrected chi connectivity index (χ1v) is 13.8. The molecule has 0 radical (unpaired) electrons. The number of hydrogen-bond acceptors (Lipinski definition) is 1. The van der Waals surface area contributed by atoms with Crippen molar-refractivity contribution in [2.45, 2.75) is 32.1 Å². The minimum Gasteiger partial charge on any atom is -0.206 e. The minimum atomic E-state index is -0.227. The van der Waals surface area contributed by atoms with Crippen molar-refractivity contribution in [1.82, 2.24) is 0 Å². The lowest BCUT2D eigenvalue weighted by atomic mass is 9.93. The molecule has 0 spiro atoms. The Morgan fingerprint density at radius 2 is 1.27 bits per heavy atom. The number of benzene rings is 5. The van der Waals surface area contributed by atoms with E-state index in [-0.39, 0.29) is 5.82 Å². The molecule has 5 rings (SSSR count). The van der Waals surface area contributed by atoms with E-state index in [0.717, 1.165) is 36.0 Å². The van der Waals surface area contributed by atoms with Gasteiger partial charge in [-0.15, -0.1) is 0 Å². The van der Waals surface area contributed by atoms with Gasteiger partial charge in [0.05, 0.1) is 11.6 Å². The summed E-state index contributed by atoms with van der Waals surface area (Å²) in [5, 5.41) is 8.94. The van der Waals surface area contributed by atoms with Crippen LogP contribution in [0, 0.1) is 17.1 Å². The van der Waals surface area contributed by atoms with Crippen LogP contribution in [0.4, 0.5) is 4.39 Å². The van der Waals surface area contributed by atoms with Crippen LogP contribution >= 0.6 is 0 Å². The van der Waals surface area contributed by atoms with Crippen LogP contribution in [-0.2, 0) is 19.3 Å². The highest BCUT2D eigenvalue weighted by atomic mass is 19.1. The average molecular weight is 522 g/mol. The number of halogens is 1. The smallest absolute Gasteiger partial charge is 0.131 e. The molecule has 0 bridgehead atoms. The molecule has 2 heteroatoms. The fraction of sp³-hybridized carbons (Fsp3) is 0.132. The van der Waals surface area contributed by atoms with Crippen molar-refractivity contribution < 1.29 is 4.39 Å². The molecule has 0 fully saturated rings. The van der Waals surface area contributed by atoms with Gasteiger partial charge in [-0.05, 0) is 82.3 Å². The van der Waals surface area contributed by atoms with Crippen molar-refractivity contribution in [3.63, 3.8) is 0 Å². The standard InChI is InChI=1S/C38H32FN/c1-28(34-5-3-2-4-6-34)25-32-18-20-35(21-19-32)37-24-23-36(38(39)26-37)22-17-31-11-9-29(10-12-31)7-8-30-13-15-33(27-40)16-14-30/h2-6,9-24,26,28H,7-8,25H2,1H3/t28-/m1/s1. The molecule has 0 N–H and O–H groups in total. The summed E-state index contributed by atoms with van der Waals surface area (Å²) < 4.78 is 15.0. The van der Waals surface area contributed by atoms with Gasteiger partial charge in [-0.25, -0.2) is 4.39 Å². The normalized spacial score (nSPS) is 11.8. The van der Waals surface area contributed by atoms with Gasteiger partial charge in [0.1, 0.15) is 5.82 Å². The molecular weight excluding hydrogens is 489 g/mol. The lowest BCUT2D eigenvalue weighted by Gasteiger charge is -2.12. The molecule has 1 nitrogen and oxygen atoms in total. The second-order valence-electron chi connectivity index (χ2n) is 10.3. The summed E-state index contributed by atoms with van der Waals surface area (Å²) >= 11 is 0. The van der Waals surface area contributed by atoms with Gasteiger partial charge in [-0.3, -0.25) is 0 Å². The van der Waals surface area contributed by atoms with Gasteiger partial charge >= 0.3 is 0 Å². The molecule has 0 heterocycles. The maximum absolute atomic E-state index is 15.0. The summed E-state index contributed by atoms with van der Waals surface area (Å²) in [6.45, 7) is 2.25. The van der Waals surface area contributed by atoms with Crippen molar-refractivity contribution in [3.8, 4) is 17.2 Å².